The third kappa shape index (κ3) is 4.88. The van der Waals surface area contributed by atoms with E-state index in [2.05, 4.69) is 53.5 Å². The van der Waals surface area contributed by atoms with Gasteiger partial charge in [-0.1, -0.05) is 49.5 Å². The van der Waals surface area contributed by atoms with Crippen LogP contribution >= 0.6 is 0 Å². The normalized spacial score (nSPS) is 33.1. The van der Waals surface area contributed by atoms with Crippen LogP contribution in [0, 0.1) is 29.1 Å². The lowest BCUT2D eigenvalue weighted by Gasteiger charge is -2.56. The first-order valence-corrected chi connectivity index (χ1v) is 10.8. The van der Waals surface area contributed by atoms with E-state index in [1.807, 2.05) is 0 Å². The summed E-state index contributed by atoms with van der Waals surface area (Å²) >= 11 is 0. The number of carbonyl (C=O) groups excluding carboxylic acids is 1. The van der Waals surface area contributed by atoms with Crippen molar-refractivity contribution < 1.29 is 9.53 Å². The first kappa shape index (κ1) is 22.7. The fraction of sp³-hybridized carbons (Fsp3) is 0.654. The Morgan fingerprint density at radius 2 is 1.89 bits per heavy atom. The molecule has 2 nitrogen and oxygen atoms in total. The number of esters is 1. The zero-order chi connectivity index (χ0) is 21.1. The van der Waals surface area contributed by atoms with Crippen LogP contribution in [0.25, 0.3) is 0 Å². The first-order valence-electron chi connectivity index (χ1n) is 10.8. The van der Waals surface area contributed by atoms with Crippen LogP contribution in [0.4, 0.5) is 0 Å². The van der Waals surface area contributed by atoms with Crippen LogP contribution in [-0.2, 0) is 9.53 Å². The predicted molar refractivity (Wildman–Crippen MR) is 119 cm³/mol. The minimum atomic E-state index is -0.264. The number of rotatable bonds is 5. The summed E-state index contributed by atoms with van der Waals surface area (Å²) in [5, 5.41) is 0. The van der Waals surface area contributed by atoms with Crippen molar-refractivity contribution in [1.82, 2.24) is 0 Å². The smallest absolute Gasteiger partial charge is 0.333 e. The van der Waals surface area contributed by atoms with Gasteiger partial charge in [0.2, 0.25) is 0 Å². The van der Waals surface area contributed by atoms with Crippen molar-refractivity contribution in [3.8, 4) is 0 Å². The minimum absolute atomic E-state index is 0.154. The van der Waals surface area contributed by atoms with Gasteiger partial charge in [0.05, 0.1) is 7.11 Å². The average Bonchev–Trinajstić information content (AvgIpc) is 2.63. The molecule has 2 fully saturated rings. The fourth-order valence-corrected chi connectivity index (χ4v) is 5.47. The molecule has 0 amide bonds. The highest BCUT2D eigenvalue weighted by Crippen LogP contribution is 2.60. The molecule has 0 heterocycles. The van der Waals surface area contributed by atoms with Gasteiger partial charge in [-0.15, -0.1) is 0 Å². The Hall–Kier alpha value is -1.57. The molecule has 0 aromatic carbocycles. The van der Waals surface area contributed by atoms with Gasteiger partial charge in [0.1, 0.15) is 0 Å². The zero-order valence-corrected chi connectivity index (χ0v) is 18.8. The van der Waals surface area contributed by atoms with E-state index in [0.717, 1.165) is 38.0 Å². The van der Waals surface area contributed by atoms with Crippen LogP contribution in [0.5, 0.6) is 0 Å². The Kier molecular flexibility index (Phi) is 7.53. The van der Waals surface area contributed by atoms with Crippen LogP contribution in [0.1, 0.15) is 72.6 Å². The number of ether oxygens (including phenoxy) is 1. The molecule has 0 N–H and O–H groups in total. The zero-order valence-electron chi connectivity index (χ0n) is 18.8. The summed E-state index contributed by atoms with van der Waals surface area (Å²) in [5.74, 6) is 1.61. The van der Waals surface area contributed by atoms with Gasteiger partial charge in [-0.05, 0) is 94.8 Å². The van der Waals surface area contributed by atoms with E-state index in [0.29, 0.717) is 17.4 Å². The third-order valence-corrected chi connectivity index (χ3v) is 7.59. The highest BCUT2D eigenvalue weighted by molar-refractivity contribution is 5.88. The number of hydrogen-bond donors (Lipinski definition) is 0. The lowest BCUT2D eigenvalue weighted by molar-refractivity contribution is -0.136. The monoisotopic (exact) mass is 384 g/mol. The molecule has 2 aliphatic carbocycles. The Bertz CT molecular complexity index is 664. The quantitative estimate of drug-likeness (QED) is 0.288. The van der Waals surface area contributed by atoms with Gasteiger partial charge in [-0.25, -0.2) is 4.79 Å². The summed E-state index contributed by atoms with van der Waals surface area (Å²) in [7, 11) is 1.45. The lowest BCUT2D eigenvalue weighted by Crippen LogP contribution is -2.48. The molecule has 156 valence electrons. The summed E-state index contributed by atoms with van der Waals surface area (Å²) in [6.45, 7) is 21.8. The molecular weight excluding hydrogens is 344 g/mol. The summed E-state index contributed by atoms with van der Waals surface area (Å²) < 4.78 is 5.01. The molecule has 0 spiro atoms. The van der Waals surface area contributed by atoms with Crippen LogP contribution < -0.4 is 0 Å². The number of allylic oxidation sites excluding steroid dienone is 4. The first-order chi connectivity index (χ1) is 13.1. The van der Waals surface area contributed by atoms with E-state index in [1.165, 1.54) is 36.7 Å². The van der Waals surface area contributed by atoms with Gasteiger partial charge in [-0.2, -0.15) is 0 Å². The molecule has 0 aromatic heterocycles. The van der Waals surface area contributed by atoms with Gasteiger partial charge in [0.15, 0.2) is 0 Å². The highest BCUT2D eigenvalue weighted by atomic mass is 16.5. The van der Waals surface area contributed by atoms with E-state index in [-0.39, 0.29) is 17.3 Å². The molecule has 0 saturated heterocycles. The van der Waals surface area contributed by atoms with Gasteiger partial charge in [0, 0.05) is 5.57 Å². The summed E-state index contributed by atoms with van der Waals surface area (Å²) in [5.41, 5.74) is 4.89. The van der Waals surface area contributed by atoms with Crippen LogP contribution in [0.3, 0.4) is 0 Å². The molecule has 5 unspecified atom stereocenters. The number of hydrogen-bond acceptors (Lipinski definition) is 2. The number of carbonyl (C=O) groups is 1. The number of methoxy groups -OCH3 is 1. The topological polar surface area (TPSA) is 26.3 Å². The maximum atomic E-state index is 12.3. The van der Waals surface area contributed by atoms with Gasteiger partial charge < -0.3 is 4.74 Å². The van der Waals surface area contributed by atoms with Crippen molar-refractivity contribution in [2.24, 2.45) is 29.1 Å². The Labute approximate surface area is 172 Å². The van der Waals surface area contributed by atoms with E-state index >= 15 is 0 Å². The second-order valence-corrected chi connectivity index (χ2v) is 9.74. The second-order valence-electron chi connectivity index (χ2n) is 9.74. The van der Waals surface area contributed by atoms with Crippen molar-refractivity contribution in [2.75, 3.05) is 7.11 Å². The van der Waals surface area contributed by atoms with Crippen molar-refractivity contribution in [2.45, 2.75) is 72.6 Å². The van der Waals surface area contributed by atoms with E-state index in [1.54, 1.807) is 0 Å². The Morgan fingerprint density at radius 3 is 2.46 bits per heavy atom. The molecule has 5 atom stereocenters. The predicted octanol–water partition coefficient (Wildman–Crippen LogP) is 7.04. The fourth-order valence-electron chi connectivity index (χ4n) is 5.47. The number of fused-ring (bicyclic) bond motifs is 1. The van der Waals surface area contributed by atoms with Crippen LogP contribution in [0.2, 0.25) is 0 Å². The van der Waals surface area contributed by atoms with Gasteiger partial charge in [-0.3, -0.25) is 0 Å². The van der Waals surface area contributed by atoms with Crippen LogP contribution in [-0.4, -0.2) is 13.1 Å². The van der Waals surface area contributed by atoms with Crippen molar-refractivity contribution in [1.29, 1.82) is 0 Å². The van der Waals surface area contributed by atoms with Crippen molar-refractivity contribution in [3.63, 3.8) is 0 Å². The molecule has 0 bridgehead atoms. The van der Waals surface area contributed by atoms with Crippen molar-refractivity contribution in [3.05, 3.63) is 48.1 Å². The molecule has 28 heavy (non-hydrogen) atoms. The standard InChI is InChI=1S/C26H40O2/c1-17(2)9-11-21-15-22(20(6)25(27)28-8)13-14-26(7)23(12-10-19(21)5)16-24(26)18(3)4/h9,21-24H,3,5-6,10-16H2,1-2,4,7-8H3. The van der Waals surface area contributed by atoms with E-state index in [9.17, 15) is 4.79 Å². The van der Waals surface area contributed by atoms with Gasteiger partial charge >= 0.3 is 5.97 Å². The van der Waals surface area contributed by atoms with Crippen molar-refractivity contribution >= 4 is 5.97 Å². The molecule has 2 heteroatoms. The molecule has 0 radical (unpaired) electrons. The maximum absolute atomic E-state index is 12.3. The average molecular weight is 385 g/mol. The largest absolute Gasteiger partial charge is 0.466 e. The summed E-state index contributed by atoms with van der Waals surface area (Å²) in [4.78, 5) is 12.3. The molecule has 2 saturated carbocycles. The molecule has 2 aliphatic rings. The maximum Gasteiger partial charge on any atom is 0.333 e. The Morgan fingerprint density at radius 1 is 1.21 bits per heavy atom. The summed E-state index contributed by atoms with van der Waals surface area (Å²) in [6.07, 6.45) is 9.93. The van der Waals surface area contributed by atoms with E-state index < -0.39 is 0 Å². The third-order valence-electron chi connectivity index (χ3n) is 7.59. The summed E-state index contributed by atoms with van der Waals surface area (Å²) in [6, 6.07) is 0. The lowest BCUT2D eigenvalue weighted by atomic mass is 9.48. The molecule has 2 rings (SSSR count). The minimum Gasteiger partial charge on any atom is -0.466 e. The molecule has 0 aliphatic heterocycles. The second kappa shape index (κ2) is 9.29. The van der Waals surface area contributed by atoms with Crippen LogP contribution in [0.15, 0.2) is 48.1 Å². The highest BCUT2D eigenvalue weighted by Gasteiger charge is 2.51. The SMILES string of the molecule is C=C1CCC2CC(C(=C)C)C2(C)CCC(C(=C)C(=O)OC)CC1CC=C(C)C. The molecular formula is C26H40O2. The van der Waals surface area contributed by atoms with Gasteiger partial charge in [0.25, 0.3) is 0 Å². The van der Waals surface area contributed by atoms with E-state index in [4.69, 9.17) is 4.74 Å². The molecule has 0 aromatic rings. The Balaban J connectivity index is 2.29.